The number of amides is 1. The molecule has 1 heterocycles. The van der Waals surface area contributed by atoms with Gasteiger partial charge in [0.2, 0.25) is 11.1 Å². The average Bonchev–Trinajstić information content (AvgIpc) is 2.86. The van der Waals surface area contributed by atoms with Crippen molar-refractivity contribution in [2.75, 3.05) is 0 Å². The smallest absolute Gasteiger partial charge is 0.284 e. The van der Waals surface area contributed by atoms with Crippen LogP contribution in [0.15, 0.2) is 28.3 Å². The van der Waals surface area contributed by atoms with Crippen LogP contribution in [0.3, 0.4) is 0 Å². The van der Waals surface area contributed by atoms with Crippen molar-refractivity contribution in [1.29, 1.82) is 0 Å². The molecular formula is C11H11N5O3S. The second-order valence-electron chi connectivity index (χ2n) is 3.82. The fraction of sp³-hybridized carbons (Fsp3) is 0.182. The maximum atomic E-state index is 11.1. The minimum Gasteiger partial charge on any atom is -0.366 e. The first kappa shape index (κ1) is 14.0. The summed E-state index contributed by atoms with van der Waals surface area (Å²) in [6.07, 6.45) is 0.691. The Morgan fingerprint density at radius 3 is 2.85 bits per heavy atom. The number of nitro benzene ring substituents is 1. The summed E-state index contributed by atoms with van der Waals surface area (Å²) < 4.78 is 0. The molecule has 0 aliphatic carbocycles. The molecule has 0 bridgehead atoms. The van der Waals surface area contributed by atoms with Crippen LogP contribution in [0.4, 0.5) is 5.69 Å². The summed E-state index contributed by atoms with van der Waals surface area (Å²) in [7, 11) is 0. The molecule has 0 radical (unpaired) electrons. The topological polar surface area (TPSA) is 128 Å². The lowest BCUT2D eigenvalue weighted by Crippen LogP contribution is -2.11. The molecule has 0 spiro atoms. The standard InChI is InChI=1S/C11H11N5O3S/c1-2-9-13-11(15-14-9)20-8-4-3-6(10(12)17)5-7(8)16(18)19/h3-5H,2H2,1H3,(H2,12,17)(H,13,14,15). The van der Waals surface area contributed by atoms with E-state index in [1.54, 1.807) is 0 Å². The van der Waals surface area contributed by atoms with Crippen molar-refractivity contribution in [2.45, 2.75) is 23.4 Å². The van der Waals surface area contributed by atoms with E-state index in [0.717, 1.165) is 17.8 Å². The van der Waals surface area contributed by atoms with Gasteiger partial charge in [0.1, 0.15) is 5.82 Å². The molecule has 20 heavy (non-hydrogen) atoms. The molecule has 2 rings (SSSR count). The first-order valence-corrected chi connectivity index (χ1v) is 6.50. The number of hydrogen-bond donors (Lipinski definition) is 2. The van der Waals surface area contributed by atoms with Crippen LogP contribution in [0.2, 0.25) is 0 Å². The van der Waals surface area contributed by atoms with Gasteiger partial charge in [-0.25, -0.2) is 4.98 Å². The van der Waals surface area contributed by atoms with Gasteiger partial charge in [0.15, 0.2) is 0 Å². The van der Waals surface area contributed by atoms with Crippen LogP contribution in [0, 0.1) is 10.1 Å². The number of rotatable bonds is 5. The first-order valence-electron chi connectivity index (χ1n) is 5.68. The summed E-state index contributed by atoms with van der Waals surface area (Å²) in [5.74, 6) is -0.0141. The molecule has 8 nitrogen and oxygen atoms in total. The first-order chi connectivity index (χ1) is 9.51. The van der Waals surface area contributed by atoms with Gasteiger partial charge in [-0.2, -0.15) is 0 Å². The Morgan fingerprint density at radius 2 is 2.30 bits per heavy atom. The van der Waals surface area contributed by atoms with E-state index in [9.17, 15) is 14.9 Å². The van der Waals surface area contributed by atoms with E-state index in [2.05, 4.69) is 15.2 Å². The van der Waals surface area contributed by atoms with Crippen LogP contribution in [-0.4, -0.2) is 26.0 Å². The number of benzene rings is 1. The molecule has 104 valence electrons. The molecule has 0 saturated heterocycles. The minimum atomic E-state index is -0.712. The van der Waals surface area contributed by atoms with Gasteiger partial charge in [-0.1, -0.05) is 6.92 Å². The molecule has 0 fully saturated rings. The monoisotopic (exact) mass is 293 g/mol. The predicted molar refractivity (Wildman–Crippen MR) is 71.5 cm³/mol. The van der Waals surface area contributed by atoms with Crippen molar-refractivity contribution >= 4 is 23.4 Å². The summed E-state index contributed by atoms with van der Waals surface area (Å²) in [6, 6.07) is 4.05. The molecule has 1 aromatic heterocycles. The maximum Gasteiger partial charge on any atom is 0.284 e. The number of nitro groups is 1. The van der Waals surface area contributed by atoms with E-state index in [1.165, 1.54) is 12.1 Å². The second kappa shape index (κ2) is 5.70. The van der Waals surface area contributed by atoms with Gasteiger partial charge < -0.3 is 5.73 Å². The van der Waals surface area contributed by atoms with Crippen molar-refractivity contribution in [2.24, 2.45) is 5.73 Å². The van der Waals surface area contributed by atoms with E-state index in [1.807, 2.05) is 6.92 Å². The molecule has 0 atom stereocenters. The van der Waals surface area contributed by atoms with E-state index in [0.29, 0.717) is 22.3 Å². The number of nitrogens with one attached hydrogen (secondary N) is 1. The fourth-order valence-corrected chi connectivity index (χ4v) is 2.30. The summed E-state index contributed by atoms with van der Waals surface area (Å²) in [5, 5.41) is 18.1. The van der Waals surface area contributed by atoms with Gasteiger partial charge in [0, 0.05) is 18.1 Å². The number of primary amides is 1. The van der Waals surface area contributed by atoms with Crippen molar-refractivity contribution < 1.29 is 9.72 Å². The molecule has 3 N–H and O–H groups in total. The Hall–Kier alpha value is -2.42. The van der Waals surface area contributed by atoms with Crippen LogP contribution < -0.4 is 5.73 Å². The van der Waals surface area contributed by atoms with E-state index in [-0.39, 0.29) is 11.3 Å². The number of carbonyl (C=O) groups is 1. The number of hydrogen-bond acceptors (Lipinski definition) is 6. The number of H-pyrrole nitrogens is 1. The molecule has 0 aliphatic heterocycles. The highest BCUT2D eigenvalue weighted by atomic mass is 32.2. The highest BCUT2D eigenvalue weighted by Crippen LogP contribution is 2.33. The largest absolute Gasteiger partial charge is 0.366 e. The van der Waals surface area contributed by atoms with Crippen LogP contribution in [0.5, 0.6) is 0 Å². The minimum absolute atomic E-state index is 0.0882. The van der Waals surface area contributed by atoms with E-state index < -0.39 is 10.8 Å². The third-order valence-corrected chi connectivity index (χ3v) is 3.42. The van der Waals surface area contributed by atoms with Crippen molar-refractivity contribution in [1.82, 2.24) is 15.2 Å². The highest BCUT2D eigenvalue weighted by molar-refractivity contribution is 7.99. The summed E-state index contributed by atoms with van der Waals surface area (Å²) in [5.41, 5.74) is 5.00. The van der Waals surface area contributed by atoms with E-state index in [4.69, 9.17) is 5.73 Å². The van der Waals surface area contributed by atoms with Crippen LogP contribution >= 0.6 is 11.8 Å². The number of aromatic nitrogens is 3. The highest BCUT2D eigenvalue weighted by Gasteiger charge is 2.19. The second-order valence-corrected chi connectivity index (χ2v) is 4.83. The number of aromatic amines is 1. The maximum absolute atomic E-state index is 11.1. The number of aryl methyl sites for hydroxylation is 1. The zero-order valence-corrected chi connectivity index (χ0v) is 11.3. The lowest BCUT2D eigenvalue weighted by molar-refractivity contribution is -0.387. The molecule has 9 heteroatoms. The third-order valence-electron chi connectivity index (χ3n) is 2.49. The van der Waals surface area contributed by atoms with Gasteiger partial charge in [-0.05, 0) is 23.9 Å². The predicted octanol–water partition coefficient (Wildman–Crippen LogP) is 1.53. The normalized spacial score (nSPS) is 10.4. The summed E-state index contributed by atoms with van der Waals surface area (Å²) in [4.78, 5) is 26.0. The van der Waals surface area contributed by atoms with Crippen molar-refractivity contribution in [3.05, 3.63) is 39.7 Å². The van der Waals surface area contributed by atoms with Crippen molar-refractivity contribution in [3.8, 4) is 0 Å². The Morgan fingerprint density at radius 1 is 1.55 bits per heavy atom. The number of nitrogens with two attached hydrogens (primary N) is 1. The SMILES string of the molecule is CCc1nc(Sc2ccc(C(N)=O)cc2[N+](=O)[O-])n[nH]1. The zero-order chi connectivity index (χ0) is 14.7. The summed E-state index contributed by atoms with van der Waals surface area (Å²) >= 11 is 1.05. The van der Waals surface area contributed by atoms with Crippen LogP contribution in [0.1, 0.15) is 23.1 Å². The van der Waals surface area contributed by atoms with Crippen LogP contribution in [-0.2, 0) is 6.42 Å². The molecule has 0 aliphatic rings. The molecule has 1 amide bonds. The van der Waals surface area contributed by atoms with Gasteiger partial charge in [0.05, 0.1) is 9.82 Å². The van der Waals surface area contributed by atoms with E-state index >= 15 is 0 Å². The number of nitrogens with zero attached hydrogens (tertiary/aromatic N) is 3. The Kier molecular flexibility index (Phi) is 3.99. The lowest BCUT2D eigenvalue weighted by atomic mass is 10.2. The summed E-state index contributed by atoms with van der Waals surface area (Å²) in [6.45, 7) is 1.92. The van der Waals surface area contributed by atoms with Gasteiger partial charge in [0.25, 0.3) is 5.69 Å². The lowest BCUT2D eigenvalue weighted by Gasteiger charge is -2.01. The Balaban J connectivity index is 2.35. The third kappa shape index (κ3) is 2.94. The fourth-order valence-electron chi connectivity index (χ4n) is 1.48. The molecule has 1 aromatic carbocycles. The quantitative estimate of drug-likeness (QED) is 0.635. The van der Waals surface area contributed by atoms with Gasteiger partial charge in [-0.3, -0.25) is 20.0 Å². The van der Waals surface area contributed by atoms with Crippen molar-refractivity contribution in [3.63, 3.8) is 0 Å². The number of carbonyl (C=O) groups excluding carboxylic acids is 1. The Bertz CT molecular complexity index is 670. The molecule has 2 aromatic rings. The van der Waals surface area contributed by atoms with Gasteiger partial charge in [-0.15, -0.1) is 5.10 Å². The molecular weight excluding hydrogens is 282 g/mol. The molecule has 0 saturated carbocycles. The van der Waals surface area contributed by atoms with Crippen LogP contribution in [0.25, 0.3) is 0 Å². The van der Waals surface area contributed by atoms with Gasteiger partial charge >= 0.3 is 0 Å². The molecule has 0 unspecified atom stereocenters. The Labute approximate surface area is 117 Å². The zero-order valence-electron chi connectivity index (χ0n) is 10.5. The average molecular weight is 293 g/mol.